The third kappa shape index (κ3) is 5.56. The summed E-state index contributed by atoms with van der Waals surface area (Å²) in [4.78, 5) is 11.8. The van der Waals surface area contributed by atoms with Gasteiger partial charge in [0.25, 0.3) is 0 Å². The molecule has 0 radical (unpaired) electrons. The maximum atomic E-state index is 11.8. The van der Waals surface area contributed by atoms with Crippen LogP contribution in [0.2, 0.25) is 0 Å². The van der Waals surface area contributed by atoms with Crippen LogP contribution in [0.15, 0.2) is 0 Å². The fourth-order valence-electron chi connectivity index (χ4n) is 2.91. The van der Waals surface area contributed by atoms with E-state index >= 15 is 0 Å². The summed E-state index contributed by atoms with van der Waals surface area (Å²) in [5, 5.41) is 1.52. The van der Waals surface area contributed by atoms with Crippen LogP contribution in [0.5, 0.6) is 0 Å². The van der Waals surface area contributed by atoms with E-state index in [0.29, 0.717) is 5.78 Å². The summed E-state index contributed by atoms with van der Waals surface area (Å²) in [6.45, 7) is 0. The molecule has 0 spiro atoms. The van der Waals surface area contributed by atoms with Gasteiger partial charge in [-0.25, -0.2) is 0 Å². The summed E-state index contributed by atoms with van der Waals surface area (Å²) in [6.07, 6.45) is 13.8. The largest absolute Gasteiger partial charge is 0.298 e. The standard InChI is InChI=1S/C15H26OS2/c16-13-11-17-14-7-5-3-1-2-4-6-8-15(10-9-14)18-12-13/h14-15H,1-12H2. The summed E-state index contributed by atoms with van der Waals surface area (Å²) in [5.41, 5.74) is 0. The number of thioether (sulfide) groups is 2. The van der Waals surface area contributed by atoms with Gasteiger partial charge in [-0.05, 0) is 25.7 Å². The van der Waals surface area contributed by atoms with Crippen LogP contribution < -0.4 is 0 Å². The third-order valence-electron chi connectivity index (χ3n) is 4.07. The summed E-state index contributed by atoms with van der Waals surface area (Å²) in [6, 6.07) is 0. The molecule has 1 saturated heterocycles. The summed E-state index contributed by atoms with van der Waals surface area (Å²) in [7, 11) is 0. The first-order chi connectivity index (χ1) is 8.84. The molecule has 0 aromatic rings. The monoisotopic (exact) mass is 286 g/mol. The van der Waals surface area contributed by atoms with Crippen molar-refractivity contribution in [1.29, 1.82) is 0 Å². The molecule has 1 saturated carbocycles. The number of hydrogen-bond donors (Lipinski definition) is 0. The fourth-order valence-corrected chi connectivity index (χ4v) is 5.36. The van der Waals surface area contributed by atoms with Crippen LogP contribution in [0.1, 0.15) is 64.2 Å². The molecule has 18 heavy (non-hydrogen) atoms. The molecule has 0 aromatic carbocycles. The topological polar surface area (TPSA) is 17.1 Å². The van der Waals surface area contributed by atoms with E-state index in [1.807, 2.05) is 23.5 Å². The molecule has 0 aromatic heterocycles. The van der Waals surface area contributed by atoms with Gasteiger partial charge in [0.05, 0.1) is 11.5 Å². The highest BCUT2D eigenvalue weighted by molar-refractivity contribution is 8.02. The van der Waals surface area contributed by atoms with Gasteiger partial charge in [0, 0.05) is 10.5 Å². The number of hydrogen-bond acceptors (Lipinski definition) is 3. The predicted molar refractivity (Wildman–Crippen MR) is 83.7 cm³/mol. The van der Waals surface area contributed by atoms with Crippen molar-refractivity contribution >= 4 is 29.3 Å². The lowest BCUT2D eigenvalue weighted by Gasteiger charge is -2.19. The zero-order valence-corrected chi connectivity index (χ0v) is 13.0. The van der Waals surface area contributed by atoms with E-state index in [1.165, 1.54) is 64.2 Å². The average Bonchev–Trinajstić information content (AvgIpc) is 2.43. The van der Waals surface area contributed by atoms with Gasteiger partial charge in [-0.15, -0.1) is 0 Å². The molecule has 1 nitrogen and oxygen atoms in total. The number of carbonyl (C=O) groups is 1. The SMILES string of the molecule is O=C1CSC2CCCCCCCCC(CC2)SC1. The minimum atomic E-state index is 0.469. The van der Waals surface area contributed by atoms with Crippen LogP contribution in [0, 0.1) is 0 Å². The minimum absolute atomic E-state index is 0.469. The Morgan fingerprint density at radius 1 is 0.667 bits per heavy atom. The smallest absolute Gasteiger partial charge is 0.152 e. The van der Waals surface area contributed by atoms with Crippen LogP contribution in [-0.2, 0) is 4.79 Å². The van der Waals surface area contributed by atoms with E-state index in [4.69, 9.17) is 0 Å². The van der Waals surface area contributed by atoms with E-state index in [-0.39, 0.29) is 0 Å². The molecule has 2 atom stereocenters. The molecule has 1 aliphatic carbocycles. The molecule has 104 valence electrons. The van der Waals surface area contributed by atoms with E-state index in [9.17, 15) is 4.79 Å². The zero-order valence-electron chi connectivity index (χ0n) is 11.4. The van der Waals surface area contributed by atoms with Gasteiger partial charge in [0.15, 0.2) is 5.78 Å². The van der Waals surface area contributed by atoms with E-state index < -0.39 is 0 Å². The maximum Gasteiger partial charge on any atom is 0.152 e. The Morgan fingerprint density at radius 3 is 1.61 bits per heavy atom. The van der Waals surface area contributed by atoms with E-state index in [0.717, 1.165) is 22.0 Å². The van der Waals surface area contributed by atoms with Crippen molar-refractivity contribution in [2.45, 2.75) is 74.7 Å². The first-order valence-electron chi connectivity index (χ1n) is 7.59. The molecule has 0 N–H and O–H groups in total. The van der Waals surface area contributed by atoms with Crippen LogP contribution in [0.25, 0.3) is 0 Å². The maximum absolute atomic E-state index is 11.8. The van der Waals surface area contributed by atoms with E-state index in [2.05, 4.69) is 0 Å². The minimum Gasteiger partial charge on any atom is -0.298 e. The van der Waals surface area contributed by atoms with Gasteiger partial charge in [0.2, 0.25) is 0 Å². The molecule has 1 heterocycles. The lowest BCUT2D eigenvalue weighted by atomic mass is 10.0. The second-order valence-corrected chi connectivity index (χ2v) is 8.26. The number of rotatable bonds is 0. The number of ketones is 1. The molecule has 2 aliphatic rings. The van der Waals surface area contributed by atoms with Crippen molar-refractivity contribution in [3.05, 3.63) is 0 Å². The third-order valence-corrected chi connectivity index (χ3v) is 6.94. The fraction of sp³-hybridized carbons (Fsp3) is 0.933. The number of fused-ring (bicyclic) bond motifs is 3. The normalized spacial score (nSPS) is 32.8. The van der Waals surface area contributed by atoms with Crippen molar-refractivity contribution in [2.24, 2.45) is 0 Å². The lowest BCUT2D eigenvalue weighted by molar-refractivity contribution is -0.114. The van der Waals surface area contributed by atoms with Crippen molar-refractivity contribution in [3.63, 3.8) is 0 Å². The summed E-state index contributed by atoms with van der Waals surface area (Å²) in [5.74, 6) is 2.01. The van der Waals surface area contributed by atoms with Crippen molar-refractivity contribution in [1.82, 2.24) is 0 Å². The molecular formula is C15H26OS2. The molecule has 3 heteroatoms. The van der Waals surface area contributed by atoms with Crippen LogP contribution in [-0.4, -0.2) is 27.8 Å². The molecule has 2 unspecified atom stereocenters. The van der Waals surface area contributed by atoms with E-state index in [1.54, 1.807) is 0 Å². The van der Waals surface area contributed by atoms with Crippen LogP contribution in [0.4, 0.5) is 0 Å². The van der Waals surface area contributed by atoms with Gasteiger partial charge in [-0.2, -0.15) is 23.5 Å². The first kappa shape index (κ1) is 14.8. The Morgan fingerprint density at radius 2 is 1.11 bits per heavy atom. The highest BCUT2D eigenvalue weighted by Crippen LogP contribution is 2.31. The Labute approximate surface area is 120 Å². The van der Waals surface area contributed by atoms with Crippen molar-refractivity contribution in [2.75, 3.05) is 11.5 Å². The molecule has 2 rings (SSSR count). The highest BCUT2D eigenvalue weighted by atomic mass is 32.2. The second kappa shape index (κ2) is 8.52. The van der Waals surface area contributed by atoms with Gasteiger partial charge in [0.1, 0.15) is 0 Å². The highest BCUT2D eigenvalue weighted by Gasteiger charge is 2.20. The Balaban J connectivity index is 1.93. The Kier molecular flexibility index (Phi) is 6.99. The Bertz CT molecular complexity index is 231. The van der Waals surface area contributed by atoms with Crippen LogP contribution in [0.3, 0.4) is 0 Å². The second-order valence-electron chi connectivity index (χ2n) is 5.68. The van der Waals surface area contributed by atoms with Crippen molar-refractivity contribution in [3.8, 4) is 0 Å². The summed E-state index contributed by atoms with van der Waals surface area (Å²) < 4.78 is 0. The first-order valence-corrected chi connectivity index (χ1v) is 9.69. The number of carbonyl (C=O) groups excluding carboxylic acids is 1. The van der Waals surface area contributed by atoms with Crippen LogP contribution >= 0.6 is 23.5 Å². The predicted octanol–water partition coefficient (Wildman–Crippen LogP) is 4.69. The Hall–Kier alpha value is 0.370. The molecule has 2 fully saturated rings. The average molecular weight is 287 g/mol. The molecule has 0 amide bonds. The molecular weight excluding hydrogens is 260 g/mol. The zero-order chi connectivity index (χ0) is 12.6. The van der Waals surface area contributed by atoms with Gasteiger partial charge >= 0.3 is 0 Å². The van der Waals surface area contributed by atoms with Gasteiger partial charge < -0.3 is 0 Å². The van der Waals surface area contributed by atoms with Crippen molar-refractivity contribution < 1.29 is 4.79 Å². The van der Waals surface area contributed by atoms with Gasteiger partial charge in [-0.1, -0.05) is 38.5 Å². The molecule has 1 aliphatic heterocycles. The quantitative estimate of drug-likeness (QED) is 0.643. The molecule has 2 bridgehead atoms. The lowest BCUT2D eigenvalue weighted by Crippen LogP contribution is -2.09. The summed E-state index contributed by atoms with van der Waals surface area (Å²) >= 11 is 3.89. The van der Waals surface area contributed by atoms with Gasteiger partial charge in [-0.3, -0.25) is 4.79 Å². The number of Topliss-reactive ketones (excluding diaryl/α,β-unsaturated/α-hetero) is 1.